The van der Waals surface area contributed by atoms with Gasteiger partial charge in [0, 0.05) is 22.9 Å². The number of hydrogen-bond acceptors (Lipinski definition) is 4. The van der Waals surface area contributed by atoms with Crippen molar-refractivity contribution in [2.24, 2.45) is 11.8 Å². The minimum Gasteiger partial charge on any atom is -0.374 e. The van der Waals surface area contributed by atoms with Crippen molar-refractivity contribution in [1.82, 2.24) is 5.43 Å². The van der Waals surface area contributed by atoms with Crippen LogP contribution in [0, 0.1) is 12.8 Å². The van der Waals surface area contributed by atoms with Crippen molar-refractivity contribution < 1.29 is 4.74 Å². The Labute approximate surface area is 139 Å². The number of rotatable bonds is 3. The highest BCUT2D eigenvalue weighted by atomic mass is 79.9. The molecule has 3 unspecified atom stereocenters. The lowest BCUT2D eigenvalue weighted by molar-refractivity contribution is -0.0854. The van der Waals surface area contributed by atoms with Crippen molar-refractivity contribution in [3.8, 4) is 0 Å². The topological polar surface area (TPSA) is 47.3 Å². The first-order chi connectivity index (χ1) is 10.1. The summed E-state index contributed by atoms with van der Waals surface area (Å²) in [6, 6.07) is 6.74. The second-order valence-corrected chi connectivity index (χ2v) is 8.20. The van der Waals surface area contributed by atoms with Crippen LogP contribution in [-0.2, 0) is 4.74 Å². The average molecular weight is 371 g/mol. The maximum atomic E-state index is 6.13. The van der Waals surface area contributed by atoms with E-state index in [9.17, 15) is 0 Å². The highest BCUT2D eigenvalue weighted by molar-refractivity contribution is 9.10. The zero-order valence-corrected chi connectivity index (χ0v) is 14.8. The number of ether oxygens (including phenoxy) is 1. The first kappa shape index (κ1) is 15.8. The zero-order valence-electron chi connectivity index (χ0n) is 12.4. The SMILES string of the molecule is Cc1cc(C(NN)C2CCOC3(CCSC3)C2)ccc1Br. The number of nitrogens with two attached hydrogens (primary N) is 1. The Kier molecular flexibility index (Phi) is 4.96. The van der Waals surface area contributed by atoms with E-state index in [0.29, 0.717) is 5.92 Å². The van der Waals surface area contributed by atoms with E-state index < -0.39 is 0 Å². The van der Waals surface area contributed by atoms with E-state index in [0.717, 1.165) is 29.7 Å². The van der Waals surface area contributed by atoms with E-state index >= 15 is 0 Å². The Morgan fingerprint density at radius 3 is 3.05 bits per heavy atom. The van der Waals surface area contributed by atoms with E-state index in [2.05, 4.69) is 46.5 Å². The molecule has 0 saturated carbocycles. The van der Waals surface area contributed by atoms with E-state index in [4.69, 9.17) is 10.6 Å². The summed E-state index contributed by atoms with van der Waals surface area (Å²) in [6.45, 7) is 2.99. The van der Waals surface area contributed by atoms with Gasteiger partial charge in [0.15, 0.2) is 0 Å². The first-order valence-electron chi connectivity index (χ1n) is 7.57. The molecule has 2 heterocycles. The molecular weight excluding hydrogens is 348 g/mol. The number of thioether (sulfide) groups is 1. The van der Waals surface area contributed by atoms with E-state index in [1.165, 1.54) is 23.3 Å². The molecule has 3 rings (SSSR count). The van der Waals surface area contributed by atoms with Crippen molar-refractivity contribution in [2.75, 3.05) is 18.1 Å². The molecule has 2 aliphatic heterocycles. The smallest absolute Gasteiger partial charge is 0.0783 e. The fraction of sp³-hybridized carbons (Fsp3) is 0.625. The average Bonchev–Trinajstić information content (AvgIpc) is 2.91. The van der Waals surface area contributed by atoms with Crippen LogP contribution in [0.5, 0.6) is 0 Å². The van der Waals surface area contributed by atoms with Crippen LogP contribution >= 0.6 is 27.7 Å². The van der Waals surface area contributed by atoms with Crippen LogP contribution in [0.3, 0.4) is 0 Å². The lowest BCUT2D eigenvalue weighted by Crippen LogP contribution is -2.45. The molecule has 0 aromatic heterocycles. The molecule has 3 nitrogen and oxygen atoms in total. The maximum Gasteiger partial charge on any atom is 0.0783 e. The standard InChI is InChI=1S/C16H23BrN2OS/c1-11-8-12(2-3-14(11)17)15(19-18)13-4-6-20-16(9-13)5-7-21-10-16/h2-3,8,13,15,19H,4-7,9-10,18H2,1H3. The van der Waals surface area contributed by atoms with Crippen molar-refractivity contribution in [2.45, 2.75) is 37.8 Å². The van der Waals surface area contributed by atoms with Gasteiger partial charge < -0.3 is 4.74 Å². The van der Waals surface area contributed by atoms with Crippen LogP contribution in [0.2, 0.25) is 0 Å². The molecule has 3 atom stereocenters. The fourth-order valence-electron chi connectivity index (χ4n) is 3.58. The van der Waals surface area contributed by atoms with Crippen LogP contribution in [0.15, 0.2) is 22.7 Å². The molecule has 0 bridgehead atoms. The van der Waals surface area contributed by atoms with E-state index in [-0.39, 0.29) is 11.6 Å². The molecule has 1 spiro atoms. The third kappa shape index (κ3) is 3.32. The van der Waals surface area contributed by atoms with Gasteiger partial charge in [-0.1, -0.05) is 28.1 Å². The van der Waals surface area contributed by atoms with Gasteiger partial charge in [0.25, 0.3) is 0 Å². The monoisotopic (exact) mass is 370 g/mol. The molecule has 0 aliphatic carbocycles. The largest absolute Gasteiger partial charge is 0.374 e. The van der Waals surface area contributed by atoms with Gasteiger partial charge in [-0.3, -0.25) is 11.3 Å². The summed E-state index contributed by atoms with van der Waals surface area (Å²) in [4.78, 5) is 0. The quantitative estimate of drug-likeness (QED) is 0.630. The molecule has 116 valence electrons. The van der Waals surface area contributed by atoms with Crippen molar-refractivity contribution in [3.63, 3.8) is 0 Å². The van der Waals surface area contributed by atoms with Crippen molar-refractivity contribution in [3.05, 3.63) is 33.8 Å². The second-order valence-electron chi connectivity index (χ2n) is 6.24. The van der Waals surface area contributed by atoms with Gasteiger partial charge in [-0.15, -0.1) is 0 Å². The van der Waals surface area contributed by atoms with Gasteiger partial charge in [0.1, 0.15) is 0 Å². The Morgan fingerprint density at radius 2 is 2.38 bits per heavy atom. The molecule has 0 radical (unpaired) electrons. The molecule has 21 heavy (non-hydrogen) atoms. The number of aryl methyl sites for hydroxylation is 1. The number of benzene rings is 1. The molecule has 3 N–H and O–H groups in total. The fourth-order valence-corrected chi connectivity index (χ4v) is 5.20. The first-order valence-corrected chi connectivity index (χ1v) is 9.52. The van der Waals surface area contributed by atoms with Crippen molar-refractivity contribution in [1.29, 1.82) is 0 Å². The highest BCUT2D eigenvalue weighted by Crippen LogP contribution is 2.44. The van der Waals surface area contributed by atoms with Gasteiger partial charge in [-0.2, -0.15) is 11.8 Å². The van der Waals surface area contributed by atoms with Crippen LogP contribution < -0.4 is 11.3 Å². The Morgan fingerprint density at radius 1 is 1.52 bits per heavy atom. The van der Waals surface area contributed by atoms with Crippen molar-refractivity contribution >= 4 is 27.7 Å². The third-order valence-electron chi connectivity index (χ3n) is 4.79. The van der Waals surface area contributed by atoms with Crippen LogP contribution in [0.25, 0.3) is 0 Å². The van der Waals surface area contributed by atoms with E-state index in [1.807, 2.05) is 11.8 Å². The van der Waals surface area contributed by atoms with Gasteiger partial charge in [-0.25, -0.2) is 0 Å². The van der Waals surface area contributed by atoms with Gasteiger partial charge in [-0.05, 0) is 55.1 Å². The van der Waals surface area contributed by atoms with Gasteiger partial charge in [0.05, 0.1) is 5.60 Å². The van der Waals surface area contributed by atoms with E-state index in [1.54, 1.807) is 0 Å². The molecule has 1 aromatic rings. The highest BCUT2D eigenvalue weighted by Gasteiger charge is 2.42. The molecule has 2 aliphatic rings. The molecule has 2 fully saturated rings. The Hall–Kier alpha value is -0.0700. The van der Waals surface area contributed by atoms with Gasteiger partial charge >= 0.3 is 0 Å². The Balaban J connectivity index is 1.80. The summed E-state index contributed by atoms with van der Waals surface area (Å²) in [5.41, 5.74) is 5.71. The normalized spacial score (nSPS) is 30.7. The summed E-state index contributed by atoms with van der Waals surface area (Å²) >= 11 is 5.59. The summed E-state index contributed by atoms with van der Waals surface area (Å²) in [7, 11) is 0. The molecule has 1 aromatic carbocycles. The molecular formula is C16H23BrN2OS. The predicted octanol–water partition coefficient (Wildman–Crippen LogP) is 3.56. The number of halogens is 1. The predicted molar refractivity (Wildman–Crippen MR) is 92.3 cm³/mol. The zero-order chi connectivity index (χ0) is 14.9. The summed E-state index contributed by atoms with van der Waals surface area (Å²) in [5.74, 6) is 8.81. The lowest BCUT2D eigenvalue weighted by atomic mass is 9.79. The summed E-state index contributed by atoms with van der Waals surface area (Å²) in [5, 5.41) is 0. The minimum atomic E-state index is 0.104. The molecule has 2 saturated heterocycles. The number of nitrogens with one attached hydrogen (secondary N) is 1. The minimum absolute atomic E-state index is 0.104. The Bertz CT molecular complexity index is 505. The van der Waals surface area contributed by atoms with Crippen LogP contribution in [0.1, 0.15) is 36.4 Å². The summed E-state index contributed by atoms with van der Waals surface area (Å²) in [6.07, 6.45) is 3.38. The lowest BCUT2D eigenvalue weighted by Gasteiger charge is -2.41. The van der Waals surface area contributed by atoms with Crippen LogP contribution in [0.4, 0.5) is 0 Å². The van der Waals surface area contributed by atoms with Gasteiger partial charge in [0.2, 0.25) is 0 Å². The third-order valence-corrected chi connectivity index (χ3v) is 6.90. The maximum absolute atomic E-state index is 6.13. The number of hydrazine groups is 1. The molecule has 0 amide bonds. The second kappa shape index (κ2) is 6.59. The van der Waals surface area contributed by atoms with Crippen LogP contribution in [-0.4, -0.2) is 23.7 Å². The number of hydrogen-bond donors (Lipinski definition) is 2. The molecule has 5 heteroatoms. The summed E-state index contributed by atoms with van der Waals surface area (Å²) < 4.78 is 7.28.